The highest BCUT2D eigenvalue weighted by Crippen LogP contribution is 2.24. The van der Waals surface area contributed by atoms with E-state index in [4.69, 9.17) is 4.98 Å². The van der Waals surface area contributed by atoms with Crippen molar-refractivity contribution in [3.8, 4) is 5.69 Å². The van der Waals surface area contributed by atoms with Crippen LogP contribution in [0.3, 0.4) is 0 Å². The Kier molecular flexibility index (Phi) is 6.36. The summed E-state index contributed by atoms with van der Waals surface area (Å²) in [5, 5.41) is 1.10. The van der Waals surface area contributed by atoms with Crippen LogP contribution in [0.4, 0.5) is 5.69 Å². The van der Waals surface area contributed by atoms with Crippen molar-refractivity contribution < 1.29 is 4.79 Å². The molecule has 2 heterocycles. The lowest BCUT2D eigenvalue weighted by atomic mass is 10.2. The molecule has 7 heteroatoms. The van der Waals surface area contributed by atoms with E-state index in [1.165, 1.54) is 17.4 Å². The lowest BCUT2D eigenvalue weighted by molar-refractivity contribution is -0.128. The van der Waals surface area contributed by atoms with E-state index in [-0.39, 0.29) is 17.2 Å². The van der Waals surface area contributed by atoms with Gasteiger partial charge in [0, 0.05) is 31.9 Å². The number of carbonyl (C=O) groups is 1. The van der Waals surface area contributed by atoms with Crippen molar-refractivity contribution in [1.82, 2.24) is 14.5 Å². The SMILES string of the molecule is Cc1ccccc1-n1c(SCC(=O)N2CCN(c3ccccc3)CC2)nc2ccccc2c1=O. The average Bonchev–Trinajstić information content (AvgIpc) is 2.89. The van der Waals surface area contributed by atoms with Crippen LogP contribution in [0.5, 0.6) is 0 Å². The molecule has 6 nitrogen and oxygen atoms in total. The number of piperazine rings is 1. The van der Waals surface area contributed by atoms with Crippen LogP contribution in [0.2, 0.25) is 0 Å². The Balaban J connectivity index is 1.36. The summed E-state index contributed by atoms with van der Waals surface area (Å²) in [6.07, 6.45) is 0. The van der Waals surface area contributed by atoms with E-state index < -0.39 is 0 Å². The van der Waals surface area contributed by atoms with Crippen molar-refractivity contribution in [1.29, 1.82) is 0 Å². The lowest BCUT2D eigenvalue weighted by Crippen LogP contribution is -2.49. The molecule has 0 unspecified atom stereocenters. The van der Waals surface area contributed by atoms with Gasteiger partial charge in [-0.25, -0.2) is 4.98 Å². The number of rotatable bonds is 5. The molecule has 172 valence electrons. The molecular formula is C27H26N4O2S. The first-order valence-electron chi connectivity index (χ1n) is 11.4. The zero-order chi connectivity index (χ0) is 23.5. The van der Waals surface area contributed by atoms with Crippen LogP contribution < -0.4 is 10.5 Å². The third-order valence-electron chi connectivity index (χ3n) is 6.18. The summed E-state index contributed by atoms with van der Waals surface area (Å²) in [7, 11) is 0. The third kappa shape index (κ3) is 4.43. The number of carbonyl (C=O) groups excluding carboxylic acids is 1. The molecular weight excluding hydrogens is 444 g/mol. The highest BCUT2D eigenvalue weighted by molar-refractivity contribution is 7.99. The fraction of sp³-hybridized carbons (Fsp3) is 0.222. The number of nitrogens with zero attached hydrogens (tertiary/aromatic N) is 4. The first-order chi connectivity index (χ1) is 16.6. The molecule has 5 rings (SSSR count). The molecule has 3 aromatic carbocycles. The molecule has 1 aromatic heterocycles. The first kappa shape index (κ1) is 22.2. The molecule has 0 aliphatic carbocycles. The molecule has 1 aliphatic rings. The van der Waals surface area contributed by atoms with Crippen LogP contribution in [0.25, 0.3) is 16.6 Å². The first-order valence-corrected chi connectivity index (χ1v) is 12.4. The van der Waals surface area contributed by atoms with E-state index >= 15 is 0 Å². The van der Waals surface area contributed by atoms with E-state index in [9.17, 15) is 9.59 Å². The smallest absolute Gasteiger partial charge is 0.266 e. The molecule has 1 aliphatic heterocycles. The molecule has 34 heavy (non-hydrogen) atoms. The van der Waals surface area contributed by atoms with Crippen molar-refractivity contribution in [3.05, 3.63) is 94.8 Å². The van der Waals surface area contributed by atoms with E-state index in [0.717, 1.165) is 24.3 Å². The zero-order valence-corrected chi connectivity index (χ0v) is 19.9. The number of para-hydroxylation sites is 3. The molecule has 0 spiro atoms. The summed E-state index contributed by atoms with van der Waals surface area (Å²) in [5.41, 5.74) is 3.48. The number of hydrogen-bond acceptors (Lipinski definition) is 5. The summed E-state index contributed by atoms with van der Waals surface area (Å²) in [6.45, 7) is 4.96. The van der Waals surface area contributed by atoms with E-state index in [1.807, 2.05) is 72.5 Å². The zero-order valence-electron chi connectivity index (χ0n) is 19.1. The van der Waals surface area contributed by atoms with Crippen LogP contribution in [-0.2, 0) is 4.79 Å². The average molecular weight is 471 g/mol. The molecule has 1 saturated heterocycles. The summed E-state index contributed by atoms with van der Waals surface area (Å²) in [5.74, 6) is 0.304. The Hall–Kier alpha value is -3.58. The maximum atomic E-state index is 13.4. The fourth-order valence-electron chi connectivity index (χ4n) is 4.31. The van der Waals surface area contributed by atoms with Crippen molar-refractivity contribution >= 4 is 34.3 Å². The predicted octanol–water partition coefficient (Wildman–Crippen LogP) is 4.14. The van der Waals surface area contributed by atoms with Gasteiger partial charge in [-0.05, 0) is 42.8 Å². The molecule has 0 N–H and O–H groups in total. The number of anilines is 1. The van der Waals surface area contributed by atoms with Gasteiger partial charge in [0.1, 0.15) is 0 Å². The normalized spacial score (nSPS) is 13.9. The molecule has 0 saturated carbocycles. The molecule has 1 amide bonds. The predicted molar refractivity (Wildman–Crippen MR) is 138 cm³/mol. The monoisotopic (exact) mass is 470 g/mol. The van der Waals surface area contributed by atoms with Gasteiger partial charge in [-0.3, -0.25) is 14.2 Å². The van der Waals surface area contributed by atoms with E-state index in [0.29, 0.717) is 29.1 Å². The second-order valence-corrected chi connectivity index (χ2v) is 9.27. The Morgan fingerprint density at radius 3 is 2.32 bits per heavy atom. The number of thioether (sulfide) groups is 1. The van der Waals surface area contributed by atoms with Crippen molar-refractivity contribution in [2.45, 2.75) is 12.1 Å². The lowest BCUT2D eigenvalue weighted by Gasteiger charge is -2.36. The number of fused-ring (bicyclic) bond motifs is 1. The maximum absolute atomic E-state index is 13.4. The van der Waals surface area contributed by atoms with Gasteiger partial charge >= 0.3 is 0 Å². The van der Waals surface area contributed by atoms with Crippen molar-refractivity contribution in [2.75, 3.05) is 36.8 Å². The quantitative estimate of drug-likeness (QED) is 0.324. The Morgan fingerprint density at radius 2 is 1.56 bits per heavy atom. The summed E-state index contributed by atoms with van der Waals surface area (Å²) in [6, 6.07) is 25.4. The standard InChI is InChI=1S/C27H26N4O2S/c1-20-9-5-8-14-24(20)31-26(33)22-12-6-7-13-23(22)28-27(31)34-19-25(32)30-17-15-29(16-18-30)21-10-3-2-4-11-21/h2-14H,15-19H2,1H3. The number of aromatic nitrogens is 2. The van der Waals surface area contributed by atoms with Crippen LogP contribution in [0.15, 0.2) is 88.8 Å². The molecule has 0 radical (unpaired) electrons. The summed E-state index contributed by atoms with van der Waals surface area (Å²) in [4.78, 5) is 35.5. The van der Waals surface area contributed by atoms with Gasteiger partial charge in [-0.1, -0.05) is 60.3 Å². The highest BCUT2D eigenvalue weighted by Gasteiger charge is 2.22. The number of benzene rings is 3. The van der Waals surface area contributed by atoms with Gasteiger partial charge in [0.2, 0.25) is 5.91 Å². The highest BCUT2D eigenvalue weighted by atomic mass is 32.2. The number of hydrogen-bond donors (Lipinski definition) is 0. The molecule has 1 fully saturated rings. The maximum Gasteiger partial charge on any atom is 0.266 e. The van der Waals surface area contributed by atoms with Crippen LogP contribution >= 0.6 is 11.8 Å². The minimum Gasteiger partial charge on any atom is -0.368 e. The van der Waals surface area contributed by atoms with Crippen molar-refractivity contribution in [3.63, 3.8) is 0 Å². The Morgan fingerprint density at radius 1 is 0.882 bits per heavy atom. The van der Waals surface area contributed by atoms with Gasteiger partial charge in [0.25, 0.3) is 5.56 Å². The molecule has 4 aromatic rings. The summed E-state index contributed by atoms with van der Waals surface area (Å²) >= 11 is 1.33. The second-order valence-electron chi connectivity index (χ2n) is 8.33. The van der Waals surface area contributed by atoms with Gasteiger partial charge < -0.3 is 9.80 Å². The summed E-state index contributed by atoms with van der Waals surface area (Å²) < 4.78 is 1.64. The van der Waals surface area contributed by atoms with E-state index in [2.05, 4.69) is 17.0 Å². The largest absolute Gasteiger partial charge is 0.368 e. The Labute approximate surface area is 202 Å². The Bertz CT molecular complexity index is 1380. The van der Waals surface area contributed by atoms with Gasteiger partial charge in [-0.15, -0.1) is 0 Å². The third-order valence-corrected chi connectivity index (χ3v) is 7.10. The molecule has 0 bridgehead atoms. The van der Waals surface area contributed by atoms with Gasteiger partial charge in [0.05, 0.1) is 22.3 Å². The van der Waals surface area contributed by atoms with Crippen LogP contribution in [0, 0.1) is 6.92 Å². The van der Waals surface area contributed by atoms with Gasteiger partial charge in [-0.2, -0.15) is 0 Å². The number of aryl methyl sites for hydroxylation is 1. The minimum absolute atomic E-state index is 0.0662. The topological polar surface area (TPSA) is 58.4 Å². The van der Waals surface area contributed by atoms with E-state index in [1.54, 1.807) is 10.6 Å². The second kappa shape index (κ2) is 9.73. The number of amides is 1. The van der Waals surface area contributed by atoms with Crippen molar-refractivity contribution in [2.24, 2.45) is 0 Å². The molecule has 0 atom stereocenters. The van der Waals surface area contributed by atoms with Crippen LogP contribution in [0.1, 0.15) is 5.56 Å². The van der Waals surface area contributed by atoms with Gasteiger partial charge in [0.15, 0.2) is 5.16 Å². The fourth-order valence-corrected chi connectivity index (χ4v) is 5.21. The van der Waals surface area contributed by atoms with Crippen LogP contribution in [-0.4, -0.2) is 52.3 Å². The minimum atomic E-state index is -0.119.